The van der Waals surface area contributed by atoms with E-state index in [-0.39, 0.29) is 59.3 Å². The predicted molar refractivity (Wildman–Crippen MR) is 291 cm³/mol. The van der Waals surface area contributed by atoms with E-state index in [9.17, 15) is 19.2 Å². The van der Waals surface area contributed by atoms with Crippen LogP contribution in [0.25, 0.3) is 22.3 Å². The first-order valence-corrected chi connectivity index (χ1v) is 28.2. The molecule has 5 saturated heterocycles. The number of halogens is 1. The maximum Gasteiger partial charge on any atom is 0.238 e. The fourth-order valence-corrected chi connectivity index (χ4v) is 13.8. The Morgan fingerprint density at radius 3 is 2.20 bits per heavy atom. The van der Waals surface area contributed by atoms with Crippen LogP contribution >= 0.6 is 0 Å². The fourth-order valence-electron chi connectivity index (χ4n) is 13.8. The molecule has 2 N–H and O–H groups in total. The molecule has 1 atom stereocenters. The van der Waals surface area contributed by atoms with Gasteiger partial charge < -0.3 is 34.4 Å². The summed E-state index contributed by atoms with van der Waals surface area (Å²) in [6, 6.07) is 23.6. The lowest BCUT2D eigenvalue weighted by Gasteiger charge is -2.48. The van der Waals surface area contributed by atoms with Gasteiger partial charge in [0.25, 0.3) is 0 Å². The Morgan fingerprint density at radius 2 is 1.50 bits per heavy atom. The first-order valence-electron chi connectivity index (χ1n) is 28.2. The zero-order valence-corrected chi connectivity index (χ0v) is 44.2. The summed E-state index contributed by atoms with van der Waals surface area (Å²) in [4.78, 5) is 89.0. The molecule has 398 valence electrons. The van der Waals surface area contributed by atoms with Gasteiger partial charge in [0.1, 0.15) is 11.3 Å². The lowest BCUT2D eigenvalue weighted by Crippen LogP contribution is -2.59. The summed E-state index contributed by atoms with van der Waals surface area (Å²) in [5.41, 5.74) is 5.95. The number of imide groups is 1. The van der Waals surface area contributed by atoms with Crippen molar-refractivity contribution < 1.29 is 28.4 Å². The smallest absolute Gasteiger partial charge is 0.238 e. The minimum absolute atomic E-state index is 0.0649. The second kappa shape index (κ2) is 20.0. The molecule has 8 heterocycles. The first kappa shape index (κ1) is 50.2. The van der Waals surface area contributed by atoms with E-state index >= 15 is 9.18 Å². The largest absolute Gasteiger partial charge is 0.371 e. The predicted octanol–water partition coefficient (Wildman–Crippen LogP) is 8.85. The number of aromatic nitrogens is 3. The van der Waals surface area contributed by atoms with Gasteiger partial charge >= 0.3 is 0 Å². The number of nitrogens with one attached hydrogen (secondary N) is 2. The number of carbonyl (C=O) groups excluding carboxylic acids is 5. The normalized spacial score (nSPS) is 24.0. The number of anilines is 4. The molecule has 12 rings (SSSR count). The zero-order chi connectivity index (χ0) is 52.5. The van der Waals surface area contributed by atoms with Gasteiger partial charge in [-0.3, -0.25) is 29.3 Å². The van der Waals surface area contributed by atoms with Gasteiger partial charge in [0.2, 0.25) is 29.5 Å². The van der Waals surface area contributed by atoms with Crippen LogP contribution in [-0.2, 0) is 29.4 Å². The molecule has 1 saturated carbocycles. The number of imidazole rings is 1. The molecular weight excluding hydrogens is 960 g/mol. The Hall–Kier alpha value is -6.68. The third-order valence-corrected chi connectivity index (χ3v) is 18.6. The van der Waals surface area contributed by atoms with Crippen molar-refractivity contribution in [1.29, 1.82) is 0 Å². The number of hydrogen-bond acceptors (Lipinski definition) is 10. The van der Waals surface area contributed by atoms with Crippen molar-refractivity contribution in [3.8, 4) is 11.3 Å². The van der Waals surface area contributed by atoms with Crippen LogP contribution < -0.4 is 20.4 Å². The summed E-state index contributed by atoms with van der Waals surface area (Å²) in [6.45, 7) is 12.0. The van der Waals surface area contributed by atoms with Gasteiger partial charge in [0, 0.05) is 92.1 Å². The number of carbonyl (C=O) groups is 5. The average molecular weight is 1030 g/mol. The van der Waals surface area contributed by atoms with Crippen molar-refractivity contribution in [2.75, 3.05) is 67.5 Å². The number of para-hydroxylation sites is 1. The van der Waals surface area contributed by atoms with Crippen molar-refractivity contribution in [2.45, 2.75) is 134 Å². The van der Waals surface area contributed by atoms with Gasteiger partial charge in [0.05, 0.1) is 34.6 Å². The van der Waals surface area contributed by atoms with Crippen LogP contribution in [0.1, 0.15) is 127 Å². The first-order chi connectivity index (χ1) is 36.8. The topological polar surface area (TPSA) is 156 Å². The molecule has 3 aromatic carbocycles. The van der Waals surface area contributed by atoms with E-state index in [1.165, 1.54) is 25.3 Å². The maximum absolute atomic E-state index is 15.4. The summed E-state index contributed by atoms with van der Waals surface area (Å²) in [6.07, 6.45) is 12.1. The standard InChI is InChI=1S/C60H71FN10O5/c1-38(2)70-37-62-50-36-49(64-54(53(50)70)63-48-10-6-5-9-47(48)61)41-13-17-46-51(33-41)71(44-34-43(35-44)66-25-7-4-8-26-66)58(76)60(46)23-31-69(32-24-60)57(75)59(3)21-29-68(30-22-59)56(74)40-19-27-67(28-20-40)42-14-11-39(12-15-42)45-16-18-52(72)65-55(45)73/h5-6,9-15,17,33,36-38,40,43-45H,4,7-8,16,18-32,34-35H2,1-3H3,(H,63,64)(H,65,72,73). The summed E-state index contributed by atoms with van der Waals surface area (Å²) in [5.74, 6) is -0.263. The minimum atomic E-state index is -0.753. The Bertz CT molecular complexity index is 3070. The fraction of sp³-hybridized carbons (Fsp3) is 0.517. The van der Waals surface area contributed by atoms with Crippen LogP contribution in [0.3, 0.4) is 0 Å². The van der Waals surface area contributed by atoms with Crippen LogP contribution in [0.2, 0.25) is 0 Å². The van der Waals surface area contributed by atoms with Gasteiger partial charge in [-0.05, 0) is 145 Å². The zero-order valence-electron chi connectivity index (χ0n) is 44.2. The summed E-state index contributed by atoms with van der Waals surface area (Å²) < 4.78 is 17.2. The van der Waals surface area contributed by atoms with E-state index in [1.807, 2.05) is 44.7 Å². The molecule has 15 nitrogen and oxygen atoms in total. The van der Waals surface area contributed by atoms with Crippen molar-refractivity contribution in [3.63, 3.8) is 0 Å². The SMILES string of the molecule is CC(C)n1cnc2cc(-c3ccc4c(c3)N(C3CC(N5CCCCC5)C3)C(=O)C43CCN(C(=O)C4(C)CCN(C(=O)C5CCN(c6ccc(C7CCC(=O)NC7=O)cc6)CC5)CC4)CC3)nc(Nc3ccccc3F)c21. The average Bonchev–Trinajstić information content (AvgIpc) is 4.18. The number of piperidine rings is 5. The molecule has 7 aliphatic rings. The number of fused-ring (bicyclic) bond motifs is 3. The maximum atomic E-state index is 15.4. The van der Waals surface area contributed by atoms with Crippen LogP contribution in [0.5, 0.6) is 0 Å². The molecule has 1 spiro atoms. The van der Waals surface area contributed by atoms with Crippen LogP contribution in [0.15, 0.2) is 79.1 Å². The van der Waals surface area contributed by atoms with E-state index in [0.29, 0.717) is 87.9 Å². The second-order valence-corrected chi connectivity index (χ2v) is 23.5. The third-order valence-electron chi connectivity index (χ3n) is 18.6. The van der Waals surface area contributed by atoms with Crippen LogP contribution in [-0.4, -0.2) is 123 Å². The molecular formula is C60H71FN10O5. The van der Waals surface area contributed by atoms with E-state index in [4.69, 9.17) is 9.97 Å². The number of benzene rings is 3. The van der Waals surface area contributed by atoms with Gasteiger partial charge in [-0.25, -0.2) is 14.4 Å². The quantitative estimate of drug-likeness (QED) is 0.130. The molecule has 1 unspecified atom stereocenters. The Morgan fingerprint density at radius 1 is 0.789 bits per heavy atom. The second-order valence-electron chi connectivity index (χ2n) is 23.5. The molecule has 5 amide bonds. The van der Waals surface area contributed by atoms with E-state index < -0.39 is 10.8 Å². The Balaban J connectivity index is 0.722. The van der Waals surface area contributed by atoms with E-state index in [2.05, 4.69) is 64.3 Å². The molecule has 0 bridgehead atoms. The number of nitrogens with zero attached hydrogens (tertiary/aromatic N) is 8. The highest BCUT2D eigenvalue weighted by Crippen LogP contribution is 2.53. The molecule has 2 aromatic heterocycles. The Labute approximate surface area is 444 Å². The van der Waals surface area contributed by atoms with Gasteiger partial charge in [-0.1, -0.05) is 49.7 Å². The number of likely N-dealkylation sites (tertiary alicyclic amines) is 3. The van der Waals surface area contributed by atoms with Gasteiger partial charge in [-0.15, -0.1) is 0 Å². The number of rotatable bonds is 10. The highest BCUT2D eigenvalue weighted by Gasteiger charge is 2.56. The van der Waals surface area contributed by atoms with Crippen LogP contribution in [0, 0.1) is 17.2 Å². The monoisotopic (exact) mass is 1030 g/mol. The molecule has 1 aliphatic carbocycles. The minimum Gasteiger partial charge on any atom is -0.371 e. The lowest BCUT2D eigenvalue weighted by molar-refractivity contribution is -0.150. The summed E-state index contributed by atoms with van der Waals surface area (Å²) in [7, 11) is 0. The summed E-state index contributed by atoms with van der Waals surface area (Å²) >= 11 is 0. The molecule has 16 heteroatoms. The van der Waals surface area contributed by atoms with Crippen molar-refractivity contribution >= 4 is 63.4 Å². The number of amides is 5. The Kier molecular flexibility index (Phi) is 13.2. The van der Waals surface area contributed by atoms with Gasteiger partial charge in [-0.2, -0.15) is 0 Å². The lowest BCUT2D eigenvalue weighted by atomic mass is 9.72. The van der Waals surface area contributed by atoms with Crippen molar-refractivity contribution in [1.82, 2.24) is 34.6 Å². The molecule has 5 aromatic rings. The van der Waals surface area contributed by atoms with Crippen LogP contribution in [0.4, 0.5) is 27.3 Å². The highest BCUT2D eigenvalue weighted by molar-refractivity contribution is 6.10. The van der Waals surface area contributed by atoms with Crippen molar-refractivity contribution in [2.24, 2.45) is 11.3 Å². The number of hydrogen-bond donors (Lipinski definition) is 2. The highest BCUT2D eigenvalue weighted by atomic mass is 19.1. The van der Waals surface area contributed by atoms with Gasteiger partial charge in [0.15, 0.2) is 5.82 Å². The molecule has 6 aliphatic heterocycles. The third kappa shape index (κ3) is 9.01. The van der Waals surface area contributed by atoms with E-state index in [0.717, 1.165) is 91.0 Å². The summed E-state index contributed by atoms with van der Waals surface area (Å²) in [5, 5.41) is 5.74. The number of pyridine rings is 1. The van der Waals surface area contributed by atoms with Crippen molar-refractivity contribution in [3.05, 3.63) is 96.1 Å². The van der Waals surface area contributed by atoms with E-state index in [1.54, 1.807) is 24.5 Å². The molecule has 76 heavy (non-hydrogen) atoms. The molecule has 6 fully saturated rings. The molecule has 0 radical (unpaired) electrons.